The standard InChI is InChI=1S/C23H19Cl3N2O4S2/c24-14-10-16(26)17(11-15(14)25)27-21(29)4-2-1-3-7-28-22(30)20(34-23(28)33)9-13-5-6-18-19(8-13)32-12-31-18/h5-6,8-11H,1-4,7,12H2,(H,27,29)/b20-9-. The molecular weight excluding hydrogens is 539 g/mol. The van der Waals surface area contributed by atoms with Crippen molar-refractivity contribution in [3.8, 4) is 11.5 Å². The average Bonchev–Trinajstić information content (AvgIpc) is 3.36. The van der Waals surface area contributed by atoms with E-state index in [4.69, 9.17) is 56.5 Å². The van der Waals surface area contributed by atoms with Crippen LogP contribution in [0.15, 0.2) is 35.2 Å². The molecule has 0 atom stereocenters. The van der Waals surface area contributed by atoms with Crippen molar-refractivity contribution in [2.45, 2.75) is 25.7 Å². The predicted octanol–water partition coefficient (Wildman–Crippen LogP) is 6.78. The zero-order chi connectivity index (χ0) is 24.2. The van der Waals surface area contributed by atoms with Gasteiger partial charge < -0.3 is 14.8 Å². The minimum atomic E-state index is -0.169. The maximum atomic E-state index is 12.8. The number of nitrogens with zero attached hydrogens (tertiary/aromatic N) is 1. The van der Waals surface area contributed by atoms with Crippen molar-refractivity contribution in [1.82, 2.24) is 4.90 Å². The Morgan fingerprint density at radius 1 is 1.06 bits per heavy atom. The monoisotopic (exact) mass is 556 g/mol. The van der Waals surface area contributed by atoms with Crippen LogP contribution in [0.25, 0.3) is 6.08 Å². The first kappa shape index (κ1) is 25.1. The fourth-order valence-corrected chi connectivity index (χ4v) is 5.31. The number of hydrogen-bond acceptors (Lipinski definition) is 6. The number of hydrogen-bond donors (Lipinski definition) is 1. The molecule has 1 fully saturated rings. The van der Waals surface area contributed by atoms with E-state index in [-0.39, 0.29) is 18.6 Å². The van der Waals surface area contributed by atoms with E-state index in [0.717, 1.165) is 18.4 Å². The molecule has 0 aliphatic carbocycles. The maximum absolute atomic E-state index is 12.8. The molecule has 0 radical (unpaired) electrons. The first-order chi connectivity index (χ1) is 16.3. The third kappa shape index (κ3) is 5.98. The number of carbonyl (C=O) groups is 2. The lowest BCUT2D eigenvalue weighted by molar-refractivity contribution is -0.122. The molecule has 2 aromatic rings. The third-order valence-corrected chi connectivity index (χ3v) is 7.55. The molecule has 1 saturated heterocycles. The summed E-state index contributed by atoms with van der Waals surface area (Å²) in [4.78, 5) is 27.2. The lowest BCUT2D eigenvalue weighted by atomic mass is 10.1. The Bertz CT molecular complexity index is 1190. The van der Waals surface area contributed by atoms with Gasteiger partial charge in [0.05, 0.1) is 25.7 Å². The van der Waals surface area contributed by atoms with Crippen molar-refractivity contribution < 1.29 is 19.1 Å². The molecule has 11 heteroatoms. The molecular formula is C23H19Cl3N2O4S2. The Morgan fingerprint density at radius 3 is 2.65 bits per heavy atom. The maximum Gasteiger partial charge on any atom is 0.266 e. The van der Waals surface area contributed by atoms with Crippen LogP contribution >= 0.6 is 58.8 Å². The van der Waals surface area contributed by atoms with Gasteiger partial charge in [-0.25, -0.2) is 0 Å². The molecule has 0 aromatic heterocycles. The van der Waals surface area contributed by atoms with E-state index in [1.807, 2.05) is 18.2 Å². The fraction of sp³-hybridized carbons (Fsp3) is 0.261. The molecule has 1 N–H and O–H groups in total. The van der Waals surface area contributed by atoms with Crippen LogP contribution in [0.5, 0.6) is 11.5 Å². The topological polar surface area (TPSA) is 67.9 Å². The van der Waals surface area contributed by atoms with Crippen LogP contribution < -0.4 is 14.8 Å². The number of unbranched alkanes of at least 4 members (excludes halogenated alkanes) is 2. The second kappa shape index (κ2) is 11.2. The first-order valence-electron chi connectivity index (χ1n) is 10.4. The van der Waals surface area contributed by atoms with Gasteiger partial charge in [0.15, 0.2) is 11.5 Å². The molecule has 0 unspecified atom stereocenters. The van der Waals surface area contributed by atoms with Crippen LogP contribution in [0.2, 0.25) is 15.1 Å². The number of ether oxygens (including phenoxy) is 2. The smallest absolute Gasteiger partial charge is 0.266 e. The van der Waals surface area contributed by atoms with Crippen molar-refractivity contribution in [1.29, 1.82) is 0 Å². The number of fused-ring (bicyclic) bond motifs is 1. The van der Waals surface area contributed by atoms with Gasteiger partial charge in [0, 0.05) is 13.0 Å². The lowest BCUT2D eigenvalue weighted by Crippen LogP contribution is -2.29. The van der Waals surface area contributed by atoms with Crippen molar-refractivity contribution in [3.63, 3.8) is 0 Å². The summed E-state index contributed by atoms with van der Waals surface area (Å²) in [5.74, 6) is 1.07. The van der Waals surface area contributed by atoms with Gasteiger partial charge in [-0.1, -0.05) is 71.3 Å². The van der Waals surface area contributed by atoms with Gasteiger partial charge in [-0.15, -0.1) is 0 Å². The number of carbonyl (C=O) groups excluding carboxylic acids is 2. The quantitative estimate of drug-likeness (QED) is 0.167. The highest BCUT2D eigenvalue weighted by atomic mass is 35.5. The van der Waals surface area contributed by atoms with Crippen molar-refractivity contribution in [2.24, 2.45) is 0 Å². The molecule has 2 aromatic carbocycles. The summed E-state index contributed by atoms with van der Waals surface area (Å²) in [6.07, 6.45) is 4.27. The largest absolute Gasteiger partial charge is 0.454 e. The molecule has 6 nitrogen and oxygen atoms in total. The number of anilines is 1. The van der Waals surface area contributed by atoms with E-state index in [9.17, 15) is 9.59 Å². The molecule has 0 spiro atoms. The van der Waals surface area contributed by atoms with Gasteiger partial charge in [0.2, 0.25) is 12.7 Å². The number of thioether (sulfide) groups is 1. The Labute approximate surface area is 221 Å². The van der Waals surface area contributed by atoms with Crippen LogP contribution in [0.4, 0.5) is 5.69 Å². The number of benzene rings is 2. The summed E-state index contributed by atoms with van der Waals surface area (Å²) in [6, 6.07) is 8.54. The zero-order valence-electron chi connectivity index (χ0n) is 17.7. The minimum Gasteiger partial charge on any atom is -0.454 e. The minimum absolute atomic E-state index is 0.111. The molecule has 2 aliphatic heterocycles. The molecule has 0 saturated carbocycles. The van der Waals surface area contributed by atoms with E-state index in [2.05, 4.69) is 5.32 Å². The number of halogens is 3. The average molecular weight is 558 g/mol. The second-order valence-electron chi connectivity index (χ2n) is 7.55. The summed E-state index contributed by atoms with van der Waals surface area (Å²) in [5.41, 5.74) is 1.27. The van der Waals surface area contributed by atoms with Crippen LogP contribution in [-0.2, 0) is 9.59 Å². The SMILES string of the molecule is O=C(CCCCCN1C(=O)/C(=C/c2ccc3c(c2)OCO3)SC1=S)Nc1cc(Cl)c(Cl)cc1Cl. The van der Waals surface area contributed by atoms with E-state index in [1.165, 1.54) is 23.9 Å². The van der Waals surface area contributed by atoms with E-state index >= 15 is 0 Å². The van der Waals surface area contributed by atoms with Crippen molar-refractivity contribution in [3.05, 3.63) is 55.9 Å². The highest BCUT2D eigenvalue weighted by Gasteiger charge is 2.31. The summed E-state index contributed by atoms with van der Waals surface area (Å²) in [6.45, 7) is 0.704. The van der Waals surface area contributed by atoms with Gasteiger partial charge in [-0.3, -0.25) is 14.5 Å². The van der Waals surface area contributed by atoms with Gasteiger partial charge in [0.25, 0.3) is 5.91 Å². The van der Waals surface area contributed by atoms with E-state index in [1.54, 1.807) is 11.0 Å². The van der Waals surface area contributed by atoms with Crippen LogP contribution in [-0.4, -0.2) is 34.4 Å². The van der Waals surface area contributed by atoms with Gasteiger partial charge >= 0.3 is 0 Å². The number of amides is 2. The molecule has 34 heavy (non-hydrogen) atoms. The molecule has 2 amide bonds. The molecule has 4 rings (SSSR count). The first-order valence-corrected chi connectivity index (χ1v) is 12.8. The van der Waals surface area contributed by atoms with Crippen molar-refractivity contribution in [2.75, 3.05) is 18.7 Å². The van der Waals surface area contributed by atoms with E-state index < -0.39 is 0 Å². The summed E-state index contributed by atoms with van der Waals surface area (Å²) < 4.78 is 11.2. The van der Waals surface area contributed by atoms with Crippen LogP contribution in [0, 0.1) is 0 Å². The number of rotatable bonds is 8. The summed E-state index contributed by atoms with van der Waals surface area (Å²) >= 11 is 24.7. The molecule has 178 valence electrons. The number of nitrogens with one attached hydrogen (secondary N) is 1. The summed E-state index contributed by atoms with van der Waals surface area (Å²) in [7, 11) is 0. The van der Waals surface area contributed by atoms with E-state index in [0.29, 0.717) is 60.9 Å². The zero-order valence-corrected chi connectivity index (χ0v) is 21.6. The highest BCUT2D eigenvalue weighted by molar-refractivity contribution is 8.26. The Balaban J connectivity index is 1.23. The van der Waals surface area contributed by atoms with Crippen molar-refractivity contribution >= 4 is 86.7 Å². The number of thiocarbonyl (C=S) groups is 1. The normalized spacial score (nSPS) is 16.0. The third-order valence-electron chi connectivity index (χ3n) is 5.14. The van der Waals surface area contributed by atoms with Crippen LogP contribution in [0.1, 0.15) is 31.2 Å². The predicted molar refractivity (Wildman–Crippen MR) is 141 cm³/mol. The molecule has 0 bridgehead atoms. The molecule has 2 heterocycles. The Hall–Kier alpha value is -1.97. The fourth-order valence-electron chi connectivity index (χ4n) is 3.41. The Kier molecular flexibility index (Phi) is 8.26. The molecule has 2 aliphatic rings. The highest BCUT2D eigenvalue weighted by Crippen LogP contribution is 2.36. The van der Waals surface area contributed by atoms with Crippen LogP contribution in [0.3, 0.4) is 0 Å². The van der Waals surface area contributed by atoms with Gasteiger partial charge in [-0.2, -0.15) is 0 Å². The summed E-state index contributed by atoms with van der Waals surface area (Å²) in [5, 5.41) is 3.71. The second-order valence-corrected chi connectivity index (χ2v) is 10.4. The lowest BCUT2D eigenvalue weighted by Gasteiger charge is -2.14. The van der Waals surface area contributed by atoms with Gasteiger partial charge in [0.1, 0.15) is 4.32 Å². The Morgan fingerprint density at radius 2 is 1.82 bits per heavy atom. The van der Waals surface area contributed by atoms with Gasteiger partial charge in [-0.05, 0) is 48.7 Å².